The van der Waals surface area contributed by atoms with E-state index in [4.69, 9.17) is 5.73 Å². The lowest BCUT2D eigenvalue weighted by Crippen LogP contribution is -1.97. The molecule has 0 spiro atoms. The number of rotatable bonds is 3. The summed E-state index contributed by atoms with van der Waals surface area (Å²) in [6, 6.07) is 13.7. The van der Waals surface area contributed by atoms with E-state index in [1.807, 2.05) is 42.5 Å². The summed E-state index contributed by atoms with van der Waals surface area (Å²) in [4.78, 5) is 13.0. The standard InChI is InChI=1S/C16H14N4/c17-10-12-3-1-4-13(9-12)16-19-8-6-15(20-16)14-5-2-7-18-11-14/h1-9,11H,10,17H2. The molecule has 2 aromatic heterocycles. The van der Waals surface area contributed by atoms with Gasteiger partial charge in [-0.25, -0.2) is 9.97 Å². The minimum absolute atomic E-state index is 0.510. The van der Waals surface area contributed by atoms with E-state index < -0.39 is 0 Å². The van der Waals surface area contributed by atoms with Gasteiger partial charge in [-0.15, -0.1) is 0 Å². The van der Waals surface area contributed by atoms with Gasteiger partial charge in [-0.2, -0.15) is 0 Å². The van der Waals surface area contributed by atoms with Gasteiger partial charge in [-0.05, 0) is 29.8 Å². The molecule has 98 valence electrons. The van der Waals surface area contributed by atoms with Crippen LogP contribution in [0.2, 0.25) is 0 Å². The van der Waals surface area contributed by atoms with Crippen LogP contribution in [-0.2, 0) is 6.54 Å². The molecule has 0 saturated carbocycles. The Labute approximate surface area is 117 Å². The monoisotopic (exact) mass is 262 g/mol. The van der Waals surface area contributed by atoms with Crippen molar-refractivity contribution in [2.24, 2.45) is 5.73 Å². The first-order valence-electron chi connectivity index (χ1n) is 6.39. The largest absolute Gasteiger partial charge is 0.326 e. The van der Waals surface area contributed by atoms with Crippen LogP contribution in [0.4, 0.5) is 0 Å². The van der Waals surface area contributed by atoms with Crippen molar-refractivity contribution in [2.75, 3.05) is 0 Å². The highest BCUT2D eigenvalue weighted by atomic mass is 14.9. The fraction of sp³-hybridized carbons (Fsp3) is 0.0625. The summed E-state index contributed by atoms with van der Waals surface area (Å²) in [5.74, 6) is 0.696. The molecular formula is C16H14N4. The van der Waals surface area contributed by atoms with Crippen LogP contribution in [0.1, 0.15) is 5.56 Å². The lowest BCUT2D eigenvalue weighted by atomic mass is 10.1. The molecule has 0 bridgehead atoms. The number of nitrogens with zero attached hydrogens (tertiary/aromatic N) is 3. The topological polar surface area (TPSA) is 64.7 Å². The molecule has 0 aliphatic rings. The summed E-state index contributed by atoms with van der Waals surface area (Å²) in [6.45, 7) is 0.510. The molecule has 4 nitrogen and oxygen atoms in total. The SMILES string of the molecule is NCc1cccc(-c2nccc(-c3cccnc3)n2)c1. The van der Waals surface area contributed by atoms with Crippen LogP contribution in [0.3, 0.4) is 0 Å². The zero-order valence-electron chi connectivity index (χ0n) is 10.9. The molecule has 0 amide bonds. The molecule has 0 aliphatic heterocycles. The van der Waals surface area contributed by atoms with Crippen molar-refractivity contribution in [1.29, 1.82) is 0 Å². The molecule has 4 heteroatoms. The molecule has 1 aromatic carbocycles. The predicted octanol–water partition coefficient (Wildman–Crippen LogP) is 2.66. The van der Waals surface area contributed by atoms with Gasteiger partial charge < -0.3 is 5.73 Å². The van der Waals surface area contributed by atoms with Crippen LogP contribution in [0.5, 0.6) is 0 Å². The van der Waals surface area contributed by atoms with Gasteiger partial charge in [0.25, 0.3) is 0 Å². The molecular weight excluding hydrogens is 248 g/mol. The van der Waals surface area contributed by atoms with E-state index in [2.05, 4.69) is 15.0 Å². The molecule has 3 rings (SSSR count). The van der Waals surface area contributed by atoms with Crippen molar-refractivity contribution >= 4 is 0 Å². The number of aromatic nitrogens is 3. The first-order chi connectivity index (χ1) is 9.86. The van der Waals surface area contributed by atoms with Crippen LogP contribution < -0.4 is 5.73 Å². The molecule has 3 aromatic rings. The Morgan fingerprint density at radius 3 is 2.65 bits per heavy atom. The van der Waals surface area contributed by atoms with E-state index >= 15 is 0 Å². The van der Waals surface area contributed by atoms with Crippen LogP contribution in [0.15, 0.2) is 61.1 Å². The minimum atomic E-state index is 0.510. The number of nitrogens with two attached hydrogens (primary N) is 1. The molecule has 2 N–H and O–H groups in total. The van der Waals surface area contributed by atoms with Gasteiger partial charge in [0.05, 0.1) is 5.69 Å². The Morgan fingerprint density at radius 1 is 0.950 bits per heavy atom. The molecule has 20 heavy (non-hydrogen) atoms. The molecule has 2 heterocycles. The average Bonchev–Trinajstić information content (AvgIpc) is 2.56. The lowest BCUT2D eigenvalue weighted by Gasteiger charge is -2.05. The van der Waals surface area contributed by atoms with Gasteiger partial charge in [0, 0.05) is 36.3 Å². The second kappa shape index (κ2) is 5.59. The first-order valence-corrected chi connectivity index (χ1v) is 6.39. The fourth-order valence-corrected chi connectivity index (χ4v) is 2.01. The van der Waals surface area contributed by atoms with E-state index in [0.717, 1.165) is 22.4 Å². The third-order valence-electron chi connectivity index (χ3n) is 3.03. The molecule has 0 saturated heterocycles. The zero-order valence-corrected chi connectivity index (χ0v) is 10.9. The summed E-state index contributed by atoms with van der Waals surface area (Å²) in [5, 5.41) is 0. The van der Waals surface area contributed by atoms with Gasteiger partial charge in [0.1, 0.15) is 0 Å². The number of pyridine rings is 1. The van der Waals surface area contributed by atoms with Crippen molar-refractivity contribution in [3.8, 4) is 22.6 Å². The van der Waals surface area contributed by atoms with Crippen LogP contribution in [0, 0.1) is 0 Å². The molecule has 0 unspecified atom stereocenters. The van der Waals surface area contributed by atoms with E-state index in [9.17, 15) is 0 Å². The summed E-state index contributed by atoms with van der Waals surface area (Å²) in [6.07, 6.45) is 5.30. The normalized spacial score (nSPS) is 10.4. The molecule has 0 atom stereocenters. The van der Waals surface area contributed by atoms with Crippen molar-refractivity contribution in [1.82, 2.24) is 15.0 Å². The fourth-order valence-electron chi connectivity index (χ4n) is 2.01. The summed E-state index contributed by atoms with van der Waals surface area (Å²) in [5.41, 5.74) is 9.55. The number of hydrogen-bond acceptors (Lipinski definition) is 4. The quantitative estimate of drug-likeness (QED) is 0.788. The highest BCUT2D eigenvalue weighted by Crippen LogP contribution is 2.20. The second-order valence-electron chi connectivity index (χ2n) is 4.41. The third kappa shape index (κ3) is 2.55. The van der Waals surface area contributed by atoms with Gasteiger partial charge in [-0.3, -0.25) is 4.98 Å². The Hall–Kier alpha value is -2.59. The first kappa shape index (κ1) is 12.4. The van der Waals surface area contributed by atoms with Gasteiger partial charge in [0.2, 0.25) is 0 Å². The van der Waals surface area contributed by atoms with Crippen molar-refractivity contribution in [3.63, 3.8) is 0 Å². The molecule has 0 aliphatic carbocycles. The van der Waals surface area contributed by atoms with Gasteiger partial charge in [-0.1, -0.05) is 18.2 Å². The van der Waals surface area contributed by atoms with Crippen molar-refractivity contribution in [3.05, 3.63) is 66.6 Å². The van der Waals surface area contributed by atoms with E-state index in [0.29, 0.717) is 12.4 Å². The van der Waals surface area contributed by atoms with Gasteiger partial charge >= 0.3 is 0 Å². The van der Waals surface area contributed by atoms with E-state index in [-0.39, 0.29) is 0 Å². The average molecular weight is 262 g/mol. The number of hydrogen-bond donors (Lipinski definition) is 1. The summed E-state index contributed by atoms with van der Waals surface area (Å²) >= 11 is 0. The maximum atomic E-state index is 5.67. The Morgan fingerprint density at radius 2 is 1.85 bits per heavy atom. The summed E-state index contributed by atoms with van der Waals surface area (Å²) < 4.78 is 0. The van der Waals surface area contributed by atoms with Crippen LogP contribution in [0.25, 0.3) is 22.6 Å². The number of benzene rings is 1. The highest BCUT2D eigenvalue weighted by molar-refractivity contribution is 5.62. The minimum Gasteiger partial charge on any atom is -0.326 e. The van der Waals surface area contributed by atoms with Crippen molar-refractivity contribution < 1.29 is 0 Å². The Balaban J connectivity index is 2.03. The van der Waals surface area contributed by atoms with E-state index in [1.165, 1.54) is 0 Å². The van der Waals surface area contributed by atoms with Crippen LogP contribution in [-0.4, -0.2) is 15.0 Å². The van der Waals surface area contributed by atoms with E-state index in [1.54, 1.807) is 18.6 Å². The third-order valence-corrected chi connectivity index (χ3v) is 3.03. The van der Waals surface area contributed by atoms with Crippen LogP contribution >= 0.6 is 0 Å². The predicted molar refractivity (Wildman–Crippen MR) is 78.6 cm³/mol. The molecule has 0 fully saturated rings. The molecule has 0 radical (unpaired) electrons. The summed E-state index contributed by atoms with van der Waals surface area (Å²) in [7, 11) is 0. The zero-order chi connectivity index (χ0) is 13.8. The Bertz CT molecular complexity index is 710. The van der Waals surface area contributed by atoms with Crippen molar-refractivity contribution in [2.45, 2.75) is 6.54 Å². The Kier molecular flexibility index (Phi) is 3.48. The second-order valence-corrected chi connectivity index (χ2v) is 4.41. The smallest absolute Gasteiger partial charge is 0.159 e. The maximum absolute atomic E-state index is 5.67. The lowest BCUT2D eigenvalue weighted by molar-refractivity contribution is 1.07. The highest BCUT2D eigenvalue weighted by Gasteiger charge is 2.05. The van der Waals surface area contributed by atoms with Gasteiger partial charge in [0.15, 0.2) is 5.82 Å². The maximum Gasteiger partial charge on any atom is 0.159 e.